The summed E-state index contributed by atoms with van der Waals surface area (Å²) in [6.45, 7) is 0.502. The van der Waals surface area contributed by atoms with Crippen LogP contribution >= 0.6 is 11.3 Å². The number of nitriles is 1. The van der Waals surface area contributed by atoms with Crippen molar-refractivity contribution in [2.45, 2.75) is 25.4 Å². The predicted octanol–water partition coefficient (Wildman–Crippen LogP) is 4.07. The molecule has 5 heteroatoms. The number of halogens is 2. The van der Waals surface area contributed by atoms with Crippen LogP contribution in [0.5, 0.6) is 0 Å². The van der Waals surface area contributed by atoms with Gasteiger partial charge in [0.05, 0.1) is 18.2 Å². The summed E-state index contributed by atoms with van der Waals surface area (Å²) in [4.78, 5) is 2.84. The van der Waals surface area contributed by atoms with Crippen LogP contribution in [0.4, 0.5) is 14.5 Å². The zero-order valence-corrected chi connectivity index (χ0v) is 11.5. The second-order valence-corrected chi connectivity index (χ2v) is 5.87. The summed E-state index contributed by atoms with van der Waals surface area (Å²) in [7, 11) is 0. The fraction of sp³-hybridized carbons (Fsp3) is 0.267. The molecule has 0 radical (unpaired) electrons. The molecule has 1 saturated carbocycles. The van der Waals surface area contributed by atoms with E-state index in [0.29, 0.717) is 6.54 Å². The summed E-state index contributed by atoms with van der Waals surface area (Å²) in [6, 6.07) is 8.04. The Morgan fingerprint density at radius 2 is 2.00 bits per heavy atom. The number of hydrogen-bond acceptors (Lipinski definition) is 3. The van der Waals surface area contributed by atoms with Gasteiger partial charge >= 0.3 is 0 Å². The van der Waals surface area contributed by atoms with Crippen molar-refractivity contribution in [2.24, 2.45) is 0 Å². The minimum atomic E-state index is -0.662. The molecule has 1 aliphatic rings. The van der Waals surface area contributed by atoms with Crippen molar-refractivity contribution in [3.8, 4) is 6.07 Å². The number of rotatable bonds is 4. The Morgan fingerprint density at radius 1 is 1.30 bits per heavy atom. The molecule has 0 N–H and O–H groups in total. The first-order valence-electron chi connectivity index (χ1n) is 6.37. The summed E-state index contributed by atoms with van der Waals surface area (Å²) in [5.41, 5.74) is -0.00415. The highest BCUT2D eigenvalue weighted by Gasteiger charge is 2.33. The van der Waals surface area contributed by atoms with E-state index in [-0.39, 0.29) is 17.3 Å². The van der Waals surface area contributed by atoms with Crippen molar-refractivity contribution in [3.05, 3.63) is 51.7 Å². The molecular formula is C15H12F2N2S. The van der Waals surface area contributed by atoms with Crippen LogP contribution in [0.2, 0.25) is 0 Å². The van der Waals surface area contributed by atoms with Gasteiger partial charge in [0.1, 0.15) is 5.69 Å². The molecule has 102 valence electrons. The summed E-state index contributed by atoms with van der Waals surface area (Å²) >= 11 is 1.57. The fourth-order valence-electron chi connectivity index (χ4n) is 2.25. The molecule has 3 rings (SSSR count). The normalized spacial score (nSPS) is 14.1. The number of nitrogens with zero attached hydrogens (tertiary/aromatic N) is 2. The van der Waals surface area contributed by atoms with Gasteiger partial charge in [-0.1, -0.05) is 6.07 Å². The van der Waals surface area contributed by atoms with Crippen molar-refractivity contribution in [2.75, 3.05) is 4.90 Å². The molecule has 1 heterocycles. The molecule has 1 fully saturated rings. The predicted molar refractivity (Wildman–Crippen MR) is 74.6 cm³/mol. The first kappa shape index (κ1) is 13.1. The lowest BCUT2D eigenvalue weighted by molar-refractivity contribution is 0.567. The molecule has 0 atom stereocenters. The van der Waals surface area contributed by atoms with Gasteiger partial charge in [0.25, 0.3) is 0 Å². The van der Waals surface area contributed by atoms with Gasteiger partial charge in [-0.15, -0.1) is 11.3 Å². The molecule has 1 aromatic heterocycles. The zero-order chi connectivity index (χ0) is 14.1. The Hall–Kier alpha value is -1.93. The standard InChI is InChI=1S/C15H12F2N2S/c16-13-6-10(8-18)7-14(17)15(13)19(11-3-4-11)9-12-2-1-5-20-12/h1-2,5-7,11H,3-4,9H2. The van der Waals surface area contributed by atoms with Crippen LogP contribution in [0.3, 0.4) is 0 Å². The largest absolute Gasteiger partial charge is 0.359 e. The minimum Gasteiger partial charge on any atom is -0.359 e. The average molecular weight is 290 g/mol. The van der Waals surface area contributed by atoms with Crippen molar-refractivity contribution >= 4 is 17.0 Å². The van der Waals surface area contributed by atoms with Gasteiger partial charge in [-0.2, -0.15) is 5.26 Å². The van der Waals surface area contributed by atoms with E-state index in [1.807, 2.05) is 17.5 Å². The van der Waals surface area contributed by atoms with Crippen LogP contribution in [0, 0.1) is 23.0 Å². The maximum Gasteiger partial charge on any atom is 0.150 e. The maximum absolute atomic E-state index is 14.1. The maximum atomic E-state index is 14.1. The summed E-state index contributed by atoms with van der Waals surface area (Å²) in [5.74, 6) is -1.32. The van der Waals surface area contributed by atoms with E-state index in [9.17, 15) is 8.78 Å². The van der Waals surface area contributed by atoms with Gasteiger partial charge < -0.3 is 4.90 Å². The Balaban J connectivity index is 1.98. The number of thiophene rings is 1. The second-order valence-electron chi connectivity index (χ2n) is 4.84. The van der Waals surface area contributed by atoms with Crippen LogP contribution in [0.25, 0.3) is 0 Å². The van der Waals surface area contributed by atoms with Crippen molar-refractivity contribution in [1.82, 2.24) is 0 Å². The van der Waals surface area contributed by atoms with Gasteiger partial charge in [0.15, 0.2) is 11.6 Å². The molecule has 2 aromatic rings. The smallest absolute Gasteiger partial charge is 0.150 e. The van der Waals surface area contributed by atoms with Gasteiger partial charge in [-0.3, -0.25) is 0 Å². The van der Waals surface area contributed by atoms with Crippen molar-refractivity contribution in [1.29, 1.82) is 5.26 Å². The van der Waals surface area contributed by atoms with E-state index in [1.54, 1.807) is 22.3 Å². The lowest BCUT2D eigenvalue weighted by atomic mass is 10.1. The second kappa shape index (κ2) is 5.22. The van der Waals surface area contributed by atoms with Gasteiger partial charge in [0.2, 0.25) is 0 Å². The SMILES string of the molecule is N#Cc1cc(F)c(N(Cc2cccs2)C2CC2)c(F)c1. The summed E-state index contributed by atoms with van der Waals surface area (Å²) in [5, 5.41) is 10.7. The molecule has 1 aliphatic carbocycles. The average Bonchev–Trinajstić information content (AvgIpc) is 3.14. The van der Waals surface area contributed by atoms with Crippen molar-refractivity contribution < 1.29 is 8.78 Å². The third-order valence-electron chi connectivity index (χ3n) is 3.33. The number of hydrogen-bond donors (Lipinski definition) is 0. The molecule has 0 amide bonds. The van der Waals surface area contributed by atoms with Crippen LogP contribution in [-0.2, 0) is 6.54 Å². The molecule has 0 aliphatic heterocycles. The van der Waals surface area contributed by atoms with Gasteiger partial charge in [0, 0.05) is 10.9 Å². The highest BCUT2D eigenvalue weighted by Crippen LogP contribution is 2.36. The van der Waals surface area contributed by atoms with E-state index in [1.165, 1.54) is 0 Å². The quantitative estimate of drug-likeness (QED) is 0.848. The Labute approximate surface area is 119 Å². The topological polar surface area (TPSA) is 27.0 Å². The molecule has 20 heavy (non-hydrogen) atoms. The van der Waals surface area contributed by atoms with E-state index >= 15 is 0 Å². The van der Waals surface area contributed by atoms with Crippen LogP contribution in [-0.4, -0.2) is 6.04 Å². The Kier molecular flexibility index (Phi) is 3.41. The first-order chi connectivity index (χ1) is 9.69. The Bertz CT molecular complexity index is 634. The highest BCUT2D eigenvalue weighted by atomic mass is 32.1. The van der Waals surface area contributed by atoms with E-state index < -0.39 is 11.6 Å². The van der Waals surface area contributed by atoms with Crippen LogP contribution in [0.15, 0.2) is 29.6 Å². The molecule has 0 spiro atoms. The number of anilines is 1. The van der Waals surface area contributed by atoms with E-state index in [0.717, 1.165) is 29.9 Å². The Morgan fingerprint density at radius 3 is 2.50 bits per heavy atom. The molecule has 0 bridgehead atoms. The van der Waals surface area contributed by atoms with E-state index in [2.05, 4.69) is 0 Å². The summed E-state index contributed by atoms with van der Waals surface area (Å²) < 4.78 is 28.3. The summed E-state index contributed by atoms with van der Waals surface area (Å²) in [6.07, 6.45) is 1.90. The molecule has 1 aromatic carbocycles. The van der Waals surface area contributed by atoms with Crippen LogP contribution in [0.1, 0.15) is 23.3 Å². The molecule has 2 nitrogen and oxygen atoms in total. The van der Waals surface area contributed by atoms with Crippen LogP contribution < -0.4 is 4.90 Å². The third-order valence-corrected chi connectivity index (χ3v) is 4.19. The van der Waals surface area contributed by atoms with Gasteiger partial charge in [-0.25, -0.2) is 8.78 Å². The minimum absolute atomic E-state index is 0.00983. The van der Waals surface area contributed by atoms with E-state index in [4.69, 9.17) is 5.26 Å². The first-order valence-corrected chi connectivity index (χ1v) is 7.25. The fourth-order valence-corrected chi connectivity index (χ4v) is 2.95. The van der Waals surface area contributed by atoms with Gasteiger partial charge in [-0.05, 0) is 36.4 Å². The lowest BCUT2D eigenvalue weighted by Crippen LogP contribution is -2.26. The lowest BCUT2D eigenvalue weighted by Gasteiger charge is -2.25. The monoisotopic (exact) mass is 290 g/mol. The molecule has 0 unspecified atom stereocenters. The highest BCUT2D eigenvalue weighted by molar-refractivity contribution is 7.09. The molecule has 0 saturated heterocycles. The third kappa shape index (κ3) is 2.52. The zero-order valence-electron chi connectivity index (χ0n) is 10.6. The van der Waals surface area contributed by atoms with Crippen molar-refractivity contribution in [3.63, 3.8) is 0 Å². The number of benzene rings is 1. The molecular weight excluding hydrogens is 278 g/mol.